The lowest BCUT2D eigenvalue weighted by atomic mass is 9.50. The minimum Gasteiger partial charge on any atom is -0.369 e. The van der Waals surface area contributed by atoms with E-state index in [1.165, 1.54) is 6.20 Å². The number of pyridine rings is 1. The number of nitrogens with zero attached hydrogens (tertiary/aromatic N) is 3. The summed E-state index contributed by atoms with van der Waals surface area (Å²) in [5.74, 6) is 0.728. The molecule has 0 spiro atoms. The van der Waals surface area contributed by atoms with E-state index in [2.05, 4.69) is 21.3 Å². The zero-order valence-corrected chi connectivity index (χ0v) is 13.3. The fourth-order valence-electron chi connectivity index (χ4n) is 4.07. The Morgan fingerprint density at radius 1 is 1.52 bits per heavy atom. The summed E-state index contributed by atoms with van der Waals surface area (Å²) in [5.41, 5.74) is 7.63. The number of rotatable bonds is 3. The highest BCUT2D eigenvalue weighted by Crippen LogP contribution is 2.57. The highest BCUT2D eigenvalue weighted by atomic mass is 16.1. The van der Waals surface area contributed by atoms with E-state index in [9.17, 15) is 4.79 Å². The van der Waals surface area contributed by atoms with E-state index in [1.54, 1.807) is 6.07 Å². The van der Waals surface area contributed by atoms with Crippen LogP contribution in [-0.2, 0) is 0 Å². The summed E-state index contributed by atoms with van der Waals surface area (Å²) in [6.07, 6.45) is 5.69. The summed E-state index contributed by atoms with van der Waals surface area (Å²) in [6, 6.07) is 3.76. The van der Waals surface area contributed by atoms with Gasteiger partial charge in [-0.1, -0.05) is 0 Å². The van der Waals surface area contributed by atoms with E-state index in [0.717, 1.165) is 43.8 Å². The zero-order chi connectivity index (χ0) is 16.2. The van der Waals surface area contributed by atoms with Gasteiger partial charge in [-0.15, -0.1) is 0 Å². The number of nitrogens with one attached hydrogen (secondary N) is 1. The molecule has 3 N–H and O–H groups in total. The van der Waals surface area contributed by atoms with Gasteiger partial charge in [-0.3, -0.25) is 4.79 Å². The quantitative estimate of drug-likeness (QED) is 0.873. The van der Waals surface area contributed by atoms with Crippen molar-refractivity contribution < 1.29 is 4.79 Å². The van der Waals surface area contributed by atoms with Crippen LogP contribution in [0.3, 0.4) is 0 Å². The van der Waals surface area contributed by atoms with E-state index in [-0.39, 0.29) is 17.0 Å². The summed E-state index contributed by atoms with van der Waals surface area (Å²) < 4.78 is 0. The van der Waals surface area contributed by atoms with Crippen LogP contribution in [0.1, 0.15) is 48.7 Å². The molecule has 1 saturated heterocycles. The molecule has 1 atom stereocenters. The number of amides is 1. The highest BCUT2D eigenvalue weighted by molar-refractivity contribution is 6.00. The van der Waals surface area contributed by atoms with Crippen molar-refractivity contribution in [2.75, 3.05) is 18.0 Å². The molecule has 5 rings (SSSR count). The molecule has 2 heterocycles. The second kappa shape index (κ2) is 4.68. The largest absolute Gasteiger partial charge is 0.369 e. The molecule has 6 nitrogen and oxygen atoms in total. The van der Waals surface area contributed by atoms with Gasteiger partial charge < -0.3 is 16.0 Å². The topological polar surface area (TPSA) is 95.0 Å². The third-order valence-corrected chi connectivity index (χ3v) is 5.50. The second-order valence-corrected chi connectivity index (χ2v) is 7.74. The molecular formula is C17H21N5O. The monoisotopic (exact) mass is 311 g/mol. The summed E-state index contributed by atoms with van der Waals surface area (Å²) >= 11 is 0. The van der Waals surface area contributed by atoms with Gasteiger partial charge in [0.05, 0.1) is 11.3 Å². The van der Waals surface area contributed by atoms with Crippen LogP contribution in [0, 0.1) is 17.2 Å². The molecule has 6 heteroatoms. The van der Waals surface area contributed by atoms with Crippen molar-refractivity contribution in [3.8, 4) is 6.07 Å². The SMILES string of the molecule is C[C@]1(N)CCN(c2cc(C#N)ncc2C(=O)NC23CC(C2)C3)C1. The molecule has 2 bridgehead atoms. The summed E-state index contributed by atoms with van der Waals surface area (Å²) in [7, 11) is 0. The first-order valence-electron chi connectivity index (χ1n) is 8.16. The van der Waals surface area contributed by atoms with E-state index in [4.69, 9.17) is 11.0 Å². The van der Waals surface area contributed by atoms with Crippen LogP contribution in [-0.4, -0.2) is 35.1 Å². The molecule has 23 heavy (non-hydrogen) atoms. The Morgan fingerprint density at radius 3 is 2.78 bits per heavy atom. The lowest BCUT2D eigenvalue weighted by molar-refractivity contribution is -0.0438. The second-order valence-electron chi connectivity index (χ2n) is 7.74. The molecule has 120 valence electrons. The molecule has 4 aliphatic rings. The first-order valence-corrected chi connectivity index (χ1v) is 8.16. The molecule has 3 saturated carbocycles. The number of carbonyl (C=O) groups excluding carboxylic acids is 1. The summed E-state index contributed by atoms with van der Waals surface area (Å²) in [5, 5.41) is 12.3. The van der Waals surface area contributed by atoms with Crippen LogP contribution in [0.2, 0.25) is 0 Å². The average molecular weight is 311 g/mol. The maximum Gasteiger partial charge on any atom is 0.255 e. The lowest BCUT2D eigenvalue weighted by Crippen LogP contribution is -2.68. The molecule has 0 radical (unpaired) electrons. The predicted molar refractivity (Wildman–Crippen MR) is 85.9 cm³/mol. The smallest absolute Gasteiger partial charge is 0.255 e. The molecule has 1 aromatic rings. The van der Waals surface area contributed by atoms with Gasteiger partial charge in [0, 0.05) is 30.4 Å². The van der Waals surface area contributed by atoms with Gasteiger partial charge in [-0.2, -0.15) is 5.26 Å². The van der Waals surface area contributed by atoms with Crippen LogP contribution in [0.4, 0.5) is 5.69 Å². The molecule has 3 aliphatic carbocycles. The van der Waals surface area contributed by atoms with Crippen molar-refractivity contribution in [3.05, 3.63) is 23.5 Å². The van der Waals surface area contributed by atoms with E-state index in [1.807, 2.05) is 6.92 Å². The first kappa shape index (κ1) is 14.5. The molecular weight excluding hydrogens is 290 g/mol. The van der Waals surface area contributed by atoms with Crippen LogP contribution < -0.4 is 16.0 Å². The normalized spacial score (nSPS) is 34.3. The van der Waals surface area contributed by atoms with Crippen molar-refractivity contribution >= 4 is 11.6 Å². The molecule has 0 aromatic carbocycles. The number of nitrogens with two attached hydrogens (primary N) is 1. The van der Waals surface area contributed by atoms with E-state index >= 15 is 0 Å². The number of carbonyl (C=O) groups is 1. The van der Waals surface area contributed by atoms with Crippen molar-refractivity contribution in [2.45, 2.75) is 43.7 Å². The first-order chi connectivity index (χ1) is 10.9. The Balaban J connectivity index is 1.63. The highest BCUT2D eigenvalue weighted by Gasteiger charge is 2.57. The Hall–Kier alpha value is -2.13. The van der Waals surface area contributed by atoms with Crippen molar-refractivity contribution in [1.29, 1.82) is 5.26 Å². The fraction of sp³-hybridized carbons (Fsp3) is 0.588. The van der Waals surface area contributed by atoms with Gasteiger partial charge in [0.2, 0.25) is 0 Å². The van der Waals surface area contributed by atoms with Gasteiger partial charge in [0.1, 0.15) is 11.8 Å². The van der Waals surface area contributed by atoms with Crippen LogP contribution in [0.5, 0.6) is 0 Å². The molecule has 4 fully saturated rings. The molecule has 1 amide bonds. The summed E-state index contributed by atoms with van der Waals surface area (Å²) in [4.78, 5) is 18.9. The van der Waals surface area contributed by atoms with E-state index in [0.29, 0.717) is 17.8 Å². The third kappa shape index (κ3) is 2.36. The van der Waals surface area contributed by atoms with Gasteiger partial charge in [-0.25, -0.2) is 4.98 Å². The molecule has 1 aromatic heterocycles. The number of anilines is 1. The van der Waals surface area contributed by atoms with Gasteiger partial charge in [0.25, 0.3) is 5.91 Å². The maximum atomic E-state index is 12.7. The Morgan fingerprint density at radius 2 is 2.26 bits per heavy atom. The van der Waals surface area contributed by atoms with Crippen molar-refractivity contribution in [3.63, 3.8) is 0 Å². The Bertz CT molecular complexity index is 703. The van der Waals surface area contributed by atoms with Crippen LogP contribution in [0.15, 0.2) is 12.3 Å². The lowest BCUT2D eigenvalue weighted by Gasteiger charge is -2.61. The number of nitriles is 1. The van der Waals surface area contributed by atoms with Crippen LogP contribution in [0.25, 0.3) is 0 Å². The van der Waals surface area contributed by atoms with Gasteiger partial charge >= 0.3 is 0 Å². The summed E-state index contributed by atoms with van der Waals surface area (Å²) in [6.45, 7) is 3.48. The number of hydrogen-bond acceptors (Lipinski definition) is 5. The maximum absolute atomic E-state index is 12.7. The van der Waals surface area contributed by atoms with Crippen molar-refractivity contribution in [2.24, 2.45) is 11.7 Å². The number of aromatic nitrogens is 1. The molecule has 1 aliphatic heterocycles. The van der Waals surface area contributed by atoms with Gasteiger partial charge in [-0.05, 0) is 44.6 Å². The predicted octanol–water partition coefficient (Wildman–Crippen LogP) is 1.16. The average Bonchev–Trinajstić information content (AvgIpc) is 2.80. The zero-order valence-electron chi connectivity index (χ0n) is 13.3. The van der Waals surface area contributed by atoms with Crippen molar-refractivity contribution in [1.82, 2.24) is 10.3 Å². The van der Waals surface area contributed by atoms with E-state index < -0.39 is 0 Å². The number of hydrogen-bond donors (Lipinski definition) is 2. The Kier molecular flexibility index (Phi) is 2.94. The Labute approximate surface area is 135 Å². The standard InChI is InChI=1S/C17H21N5O/c1-16(19)2-3-22(10-16)14-4-12(8-18)20-9-13(14)15(23)21-17-5-11(6-17)7-17/h4,9,11H,2-3,5-7,10,19H2,1H3,(H,21,23)/t11?,16-,17?/m0/s1. The van der Waals surface area contributed by atoms with Gasteiger partial charge in [0.15, 0.2) is 0 Å². The minimum atomic E-state index is -0.266. The van der Waals surface area contributed by atoms with Crippen LogP contribution >= 0.6 is 0 Å². The minimum absolute atomic E-state index is 0.0281. The molecule has 0 unspecified atom stereocenters. The third-order valence-electron chi connectivity index (χ3n) is 5.50. The fourth-order valence-corrected chi connectivity index (χ4v) is 4.07.